The average Bonchev–Trinajstić information content (AvgIpc) is 2.64. The summed E-state index contributed by atoms with van der Waals surface area (Å²) in [6.07, 6.45) is 3.12. The lowest BCUT2D eigenvalue weighted by atomic mass is 9.82. The van der Waals surface area contributed by atoms with Crippen LogP contribution >= 0.6 is 0 Å². The van der Waals surface area contributed by atoms with Crippen molar-refractivity contribution in [2.45, 2.75) is 43.8 Å². The topological polar surface area (TPSA) is 85.0 Å². The van der Waals surface area contributed by atoms with Gasteiger partial charge in [-0.2, -0.15) is 0 Å². The first-order valence-corrected chi connectivity index (χ1v) is 9.14. The van der Waals surface area contributed by atoms with E-state index in [1.807, 2.05) is 29.2 Å². The molecule has 1 atom stereocenters. The van der Waals surface area contributed by atoms with E-state index in [1.165, 1.54) is 0 Å². The fourth-order valence-corrected chi connectivity index (χ4v) is 3.69. The minimum atomic E-state index is -0.434. The minimum Gasteiger partial charge on any atom is -0.492 e. The maximum atomic E-state index is 12.6. The van der Waals surface area contributed by atoms with Crippen molar-refractivity contribution in [3.05, 3.63) is 29.8 Å². The zero-order valence-electron chi connectivity index (χ0n) is 14.7. The third-order valence-corrected chi connectivity index (χ3v) is 5.25. The van der Waals surface area contributed by atoms with Gasteiger partial charge in [0, 0.05) is 26.2 Å². The molecule has 2 fully saturated rings. The fourth-order valence-electron chi connectivity index (χ4n) is 3.69. The van der Waals surface area contributed by atoms with Crippen LogP contribution < -0.4 is 10.5 Å². The summed E-state index contributed by atoms with van der Waals surface area (Å²) in [5.41, 5.74) is 5.95. The zero-order chi connectivity index (χ0) is 17.7. The summed E-state index contributed by atoms with van der Waals surface area (Å²) in [7, 11) is 0. The SMILES string of the molecule is NCCOc1ccc(CC(=O)N2CCC3(CC2)OCCCC3O)cc1. The first-order valence-electron chi connectivity index (χ1n) is 9.14. The molecule has 2 aliphatic heterocycles. The van der Waals surface area contributed by atoms with Crippen LogP contribution in [0.15, 0.2) is 24.3 Å². The van der Waals surface area contributed by atoms with Gasteiger partial charge in [-0.3, -0.25) is 4.79 Å². The minimum absolute atomic E-state index is 0.121. The molecule has 2 heterocycles. The van der Waals surface area contributed by atoms with Crippen molar-refractivity contribution >= 4 is 5.91 Å². The Morgan fingerprint density at radius 1 is 1.32 bits per heavy atom. The van der Waals surface area contributed by atoms with Crippen molar-refractivity contribution in [3.8, 4) is 5.75 Å². The van der Waals surface area contributed by atoms with Crippen LogP contribution in [0.1, 0.15) is 31.2 Å². The Morgan fingerprint density at radius 2 is 2.04 bits per heavy atom. The van der Waals surface area contributed by atoms with E-state index in [2.05, 4.69) is 0 Å². The normalized spacial score (nSPS) is 22.8. The van der Waals surface area contributed by atoms with Crippen LogP contribution in [0.3, 0.4) is 0 Å². The molecule has 1 aromatic carbocycles. The standard InChI is InChI=1S/C19H28N2O4/c20-9-13-24-16-5-3-15(4-6-16)14-18(23)21-10-7-19(8-11-21)17(22)2-1-12-25-19/h3-6,17,22H,1-2,7-14,20H2. The highest BCUT2D eigenvalue weighted by Crippen LogP contribution is 2.35. The van der Waals surface area contributed by atoms with Gasteiger partial charge in [-0.05, 0) is 43.4 Å². The number of likely N-dealkylation sites (tertiary alicyclic amines) is 1. The number of aliphatic hydroxyl groups is 1. The van der Waals surface area contributed by atoms with E-state index < -0.39 is 11.7 Å². The monoisotopic (exact) mass is 348 g/mol. The number of nitrogens with two attached hydrogens (primary N) is 1. The van der Waals surface area contributed by atoms with Crippen molar-refractivity contribution in [2.24, 2.45) is 5.73 Å². The molecule has 3 rings (SSSR count). The van der Waals surface area contributed by atoms with Gasteiger partial charge in [0.1, 0.15) is 12.4 Å². The Hall–Kier alpha value is -1.63. The summed E-state index contributed by atoms with van der Waals surface area (Å²) in [4.78, 5) is 14.4. The number of nitrogens with zero attached hydrogens (tertiary/aromatic N) is 1. The van der Waals surface area contributed by atoms with E-state index in [9.17, 15) is 9.90 Å². The molecule has 1 unspecified atom stereocenters. The average molecular weight is 348 g/mol. The molecule has 6 nitrogen and oxygen atoms in total. The molecular weight excluding hydrogens is 320 g/mol. The highest BCUT2D eigenvalue weighted by Gasteiger charge is 2.44. The number of hydrogen-bond donors (Lipinski definition) is 2. The van der Waals surface area contributed by atoms with E-state index in [0.717, 1.165) is 24.2 Å². The van der Waals surface area contributed by atoms with Crippen LogP contribution in [0.2, 0.25) is 0 Å². The van der Waals surface area contributed by atoms with Crippen LogP contribution in [0.25, 0.3) is 0 Å². The van der Waals surface area contributed by atoms with Gasteiger partial charge >= 0.3 is 0 Å². The number of carbonyl (C=O) groups excluding carboxylic acids is 1. The van der Waals surface area contributed by atoms with Crippen LogP contribution in [0, 0.1) is 0 Å². The highest BCUT2D eigenvalue weighted by molar-refractivity contribution is 5.79. The second-order valence-corrected chi connectivity index (χ2v) is 6.91. The number of hydrogen-bond acceptors (Lipinski definition) is 5. The van der Waals surface area contributed by atoms with Gasteiger partial charge < -0.3 is 25.2 Å². The summed E-state index contributed by atoms with van der Waals surface area (Å²) in [6, 6.07) is 7.58. The molecule has 0 bridgehead atoms. The number of ether oxygens (including phenoxy) is 2. The smallest absolute Gasteiger partial charge is 0.226 e. The van der Waals surface area contributed by atoms with Gasteiger partial charge in [-0.15, -0.1) is 0 Å². The molecule has 0 radical (unpaired) electrons. The fraction of sp³-hybridized carbons (Fsp3) is 0.632. The largest absolute Gasteiger partial charge is 0.492 e. The second-order valence-electron chi connectivity index (χ2n) is 6.91. The first-order chi connectivity index (χ1) is 12.1. The second kappa shape index (κ2) is 8.17. The lowest BCUT2D eigenvalue weighted by Crippen LogP contribution is -2.56. The van der Waals surface area contributed by atoms with Crippen LogP contribution in [0.5, 0.6) is 5.75 Å². The number of aliphatic hydroxyl groups excluding tert-OH is 1. The molecule has 0 saturated carbocycles. The van der Waals surface area contributed by atoms with Crippen molar-refractivity contribution in [2.75, 3.05) is 32.8 Å². The molecule has 1 amide bonds. The highest BCUT2D eigenvalue weighted by atomic mass is 16.5. The summed E-state index contributed by atoms with van der Waals surface area (Å²) >= 11 is 0. The lowest BCUT2D eigenvalue weighted by molar-refractivity contribution is -0.179. The van der Waals surface area contributed by atoms with E-state index >= 15 is 0 Å². The number of rotatable bonds is 5. The third kappa shape index (κ3) is 4.32. The van der Waals surface area contributed by atoms with E-state index in [-0.39, 0.29) is 5.91 Å². The van der Waals surface area contributed by atoms with Crippen LogP contribution in [-0.4, -0.2) is 60.5 Å². The molecule has 6 heteroatoms. The van der Waals surface area contributed by atoms with Crippen molar-refractivity contribution < 1.29 is 19.4 Å². The van der Waals surface area contributed by atoms with Gasteiger partial charge in [0.05, 0.1) is 18.1 Å². The number of amides is 1. The van der Waals surface area contributed by atoms with Gasteiger partial charge in [-0.1, -0.05) is 12.1 Å². The van der Waals surface area contributed by atoms with Crippen molar-refractivity contribution in [1.29, 1.82) is 0 Å². The van der Waals surface area contributed by atoms with Gasteiger partial charge in [-0.25, -0.2) is 0 Å². The van der Waals surface area contributed by atoms with E-state index in [1.54, 1.807) is 0 Å². The first kappa shape index (κ1) is 18.2. The molecule has 2 saturated heterocycles. The Balaban J connectivity index is 1.51. The molecule has 2 aliphatic rings. The molecule has 138 valence electrons. The predicted octanol–water partition coefficient (Wildman–Crippen LogP) is 1.10. The van der Waals surface area contributed by atoms with Gasteiger partial charge in [0.15, 0.2) is 0 Å². The predicted molar refractivity (Wildman–Crippen MR) is 94.4 cm³/mol. The molecule has 25 heavy (non-hydrogen) atoms. The molecule has 0 aromatic heterocycles. The zero-order valence-corrected chi connectivity index (χ0v) is 14.7. The Labute approximate surface area is 148 Å². The molecular formula is C19H28N2O4. The third-order valence-electron chi connectivity index (χ3n) is 5.25. The number of benzene rings is 1. The molecule has 1 aromatic rings. The Kier molecular flexibility index (Phi) is 5.93. The number of piperidine rings is 1. The molecule has 0 aliphatic carbocycles. The Bertz CT molecular complexity index is 567. The molecule has 3 N–H and O–H groups in total. The maximum Gasteiger partial charge on any atom is 0.226 e. The van der Waals surface area contributed by atoms with Crippen LogP contribution in [0.4, 0.5) is 0 Å². The van der Waals surface area contributed by atoms with E-state index in [4.69, 9.17) is 15.2 Å². The summed E-state index contributed by atoms with van der Waals surface area (Å²) < 4.78 is 11.3. The van der Waals surface area contributed by atoms with Crippen molar-refractivity contribution in [1.82, 2.24) is 4.90 Å². The van der Waals surface area contributed by atoms with Crippen molar-refractivity contribution in [3.63, 3.8) is 0 Å². The van der Waals surface area contributed by atoms with Crippen LogP contribution in [-0.2, 0) is 16.0 Å². The van der Waals surface area contributed by atoms with Gasteiger partial charge in [0.25, 0.3) is 0 Å². The lowest BCUT2D eigenvalue weighted by Gasteiger charge is -2.46. The molecule has 1 spiro atoms. The van der Waals surface area contributed by atoms with Gasteiger partial charge in [0.2, 0.25) is 5.91 Å². The summed E-state index contributed by atoms with van der Waals surface area (Å²) in [6.45, 7) is 2.97. The van der Waals surface area contributed by atoms with E-state index in [0.29, 0.717) is 52.1 Å². The Morgan fingerprint density at radius 3 is 2.68 bits per heavy atom. The number of carbonyl (C=O) groups is 1. The summed E-state index contributed by atoms with van der Waals surface area (Å²) in [5.74, 6) is 0.890. The maximum absolute atomic E-state index is 12.6. The summed E-state index contributed by atoms with van der Waals surface area (Å²) in [5, 5.41) is 10.3. The quantitative estimate of drug-likeness (QED) is 0.832.